The van der Waals surface area contributed by atoms with Crippen molar-refractivity contribution < 1.29 is 9.18 Å². The molecule has 28 heavy (non-hydrogen) atoms. The fourth-order valence-electron chi connectivity index (χ4n) is 3.52. The molecule has 2 heterocycles. The lowest BCUT2D eigenvalue weighted by Gasteiger charge is -2.17. The van der Waals surface area contributed by atoms with Crippen LogP contribution in [0.2, 0.25) is 0 Å². The third-order valence-corrected chi connectivity index (χ3v) is 4.98. The number of halogens is 1. The van der Waals surface area contributed by atoms with Crippen LogP contribution >= 0.6 is 0 Å². The molecule has 1 fully saturated rings. The quantitative estimate of drug-likeness (QED) is 0.700. The van der Waals surface area contributed by atoms with Crippen LogP contribution < -0.4 is 5.49 Å². The number of nitrogens with zero attached hydrogens (tertiary/aromatic N) is 5. The molecule has 1 aliphatic carbocycles. The van der Waals surface area contributed by atoms with E-state index in [4.69, 9.17) is 4.99 Å². The lowest BCUT2D eigenvalue weighted by Crippen LogP contribution is -2.30. The van der Waals surface area contributed by atoms with Crippen molar-refractivity contribution in [3.63, 3.8) is 0 Å². The van der Waals surface area contributed by atoms with E-state index in [0.717, 1.165) is 12.8 Å². The molecule has 0 N–H and O–H groups in total. The Balaban J connectivity index is 1.68. The summed E-state index contributed by atoms with van der Waals surface area (Å²) in [5, 5.41) is 4.34. The summed E-state index contributed by atoms with van der Waals surface area (Å²) in [6.45, 7) is 1.76. The second-order valence-electron chi connectivity index (χ2n) is 7.03. The zero-order valence-corrected chi connectivity index (χ0v) is 15.8. The SMILES string of the molecule is Cc1nc(C(=O)n2ccccc2=NC2CCCCC2)nn1-c1ccc(F)cc1. The van der Waals surface area contributed by atoms with Gasteiger partial charge < -0.3 is 0 Å². The second-order valence-corrected chi connectivity index (χ2v) is 7.03. The Morgan fingerprint density at radius 2 is 1.86 bits per heavy atom. The minimum absolute atomic E-state index is 0.0816. The highest BCUT2D eigenvalue weighted by atomic mass is 19.1. The molecule has 0 saturated heterocycles. The van der Waals surface area contributed by atoms with Gasteiger partial charge in [0.1, 0.15) is 17.1 Å². The number of aromatic nitrogens is 4. The summed E-state index contributed by atoms with van der Waals surface area (Å²) < 4.78 is 16.2. The fraction of sp³-hybridized carbons (Fsp3) is 0.333. The van der Waals surface area contributed by atoms with Gasteiger partial charge in [-0.05, 0) is 56.2 Å². The fourth-order valence-corrected chi connectivity index (χ4v) is 3.52. The van der Waals surface area contributed by atoms with E-state index < -0.39 is 0 Å². The Hall–Kier alpha value is -3.09. The third kappa shape index (κ3) is 3.78. The topological polar surface area (TPSA) is 65.1 Å². The van der Waals surface area contributed by atoms with Gasteiger partial charge in [0.25, 0.3) is 0 Å². The summed E-state index contributed by atoms with van der Waals surface area (Å²) in [5.74, 6) is -0.0267. The first-order valence-corrected chi connectivity index (χ1v) is 9.57. The highest BCUT2D eigenvalue weighted by Gasteiger charge is 2.18. The van der Waals surface area contributed by atoms with Crippen molar-refractivity contribution in [1.29, 1.82) is 0 Å². The van der Waals surface area contributed by atoms with E-state index in [-0.39, 0.29) is 23.6 Å². The van der Waals surface area contributed by atoms with Crippen molar-refractivity contribution in [2.45, 2.75) is 45.1 Å². The molecule has 1 saturated carbocycles. The van der Waals surface area contributed by atoms with Gasteiger partial charge in [-0.3, -0.25) is 14.4 Å². The van der Waals surface area contributed by atoms with Gasteiger partial charge in [0.2, 0.25) is 5.82 Å². The minimum Gasteiger partial charge on any atom is -0.265 e. The molecule has 0 aliphatic heterocycles. The van der Waals surface area contributed by atoms with Gasteiger partial charge in [-0.25, -0.2) is 14.1 Å². The van der Waals surface area contributed by atoms with E-state index in [9.17, 15) is 9.18 Å². The molecule has 1 aliphatic rings. The van der Waals surface area contributed by atoms with Crippen LogP contribution in [0.3, 0.4) is 0 Å². The summed E-state index contributed by atoms with van der Waals surface area (Å²) in [6.07, 6.45) is 7.41. The van der Waals surface area contributed by atoms with Crippen molar-refractivity contribution in [2.24, 2.45) is 4.99 Å². The van der Waals surface area contributed by atoms with Crippen molar-refractivity contribution in [3.05, 3.63) is 71.6 Å². The lowest BCUT2D eigenvalue weighted by molar-refractivity contribution is 0.0944. The molecule has 4 rings (SSSR count). The number of rotatable bonds is 3. The van der Waals surface area contributed by atoms with Crippen LogP contribution in [0, 0.1) is 12.7 Å². The van der Waals surface area contributed by atoms with Crippen molar-refractivity contribution in [2.75, 3.05) is 0 Å². The van der Waals surface area contributed by atoms with Crippen molar-refractivity contribution in [3.8, 4) is 5.69 Å². The number of hydrogen-bond donors (Lipinski definition) is 0. The average Bonchev–Trinajstić information content (AvgIpc) is 3.11. The molecule has 3 aromatic rings. The van der Waals surface area contributed by atoms with E-state index in [1.54, 1.807) is 31.3 Å². The molecule has 0 radical (unpaired) electrons. The lowest BCUT2D eigenvalue weighted by atomic mass is 9.96. The van der Waals surface area contributed by atoms with E-state index >= 15 is 0 Å². The largest absolute Gasteiger partial charge is 0.303 e. The van der Waals surface area contributed by atoms with Gasteiger partial charge in [-0.2, -0.15) is 0 Å². The number of hydrogen-bond acceptors (Lipinski definition) is 4. The number of carbonyl (C=O) groups excluding carboxylic acids is 1. The van der Waals surface area contributed by atoms with E-state index in [0.29, 0.717) is 17.0 Å². The summed E-state index contributed by atoms with van der Waals surface area (Å²) in [5.41, 5.74) is 1.27. The molecule has 6 nitrogen and oxygen atoms in total. The summed E-state index contributed by atoms with van der Waals surface area (Å²) in [6, 6.07) is 11.7. The normalized spacial score (nSPS) is 15.7. The van der Waals surface area contributed by atoms with Crippen LogP contribution in [-0.2, 0) is 0 Å². The molecule has 0 atom stereocenters. The maximum absolute atomic E-state index is 13.2. The first-order valence-electron chi connectivity index (χ1n) is 9.57. The number of benzene rings is 1. The highest BCUT2D eigenvalue weighted by Crippen LogP contribution is 2.19. The average molecular weight is 379 g/mol. The molecular weight excluding hydrogens is 357 g/mol. The predicted molar refractivity (Wildman–Crippen MR) is 103 cm³/mol. The zero-order valence-electron chi connectivity index (χ0n) is 15.8. The molecule has 1 aromatic carbocycles. The van der Waals surface area contributed by atoms with Crippen LogP contribution in [-0.4, -0.2) is 31.3 Å². The minimum atomic E-state index is -0.334. The Morgan fingerprint density at radius 1 is 1.11 bits per heavy atom. The molecule has 7 heteroatoms. The number of aryl methyl sites for hydroxylation is 1. The van der Waals surface area contributed by atoms with Crippen molar-refractivity contribution >= 4 is 5.91 Å². The van der Waals surface area contributed by atoms with Gasteiger partial charge in [-0.15, -0.1) is 5.10 Å². The first-order chi connectivity index (χ1) is 13.6. The smallest absolute Gasteiger partial charge is 0.265 e. The van der Waals surface area contributed by atoms with E-state index in [1.165, 1.54) is 40.6 Å². The Kier molecular flexibility index (Phi) is 5.14. The van der Waals surface area contributed by atoms with Crippen LogP contribution in [0.25, 0.3) is 5.69 Å². The van der Waals surface area contributed by atoms with Gasteiger partial charge in [0.15, 0.2) is 0 Å². The van der Waals surface area contributed by atoms with Crippen LogP contribution in [0.15, 0.2) is 53.7 Å². The predicted octanol–water partition coefficient (Wildman–Crippen LogP) is 3.44. The van der Waals surface area contributed by atoms with E-state index in [1.807, 2.05) is 12.1 Å². The molecule has 0 bridgehead atoms. The van der Waals surface area contributed by atoms with Gasteiger partial charge >= 0.3 is 5.91 Å². The van der Waals surface area contributed by atoms with Crippen LogP contribution in [0.4, 0.5) is 4.39 Å². The summed E-state index contributed by atoms with van der Waals surface area (Å²) >= 11 is 0. The maximum Gasteiger partial charge on any atom is 0.303 e. The number of pyridine rings is 1. The third-order valence-electron chi connectivity index (χ3n) is 4.98. The van der Waals surface area contributed by atoms with Gasteiger partial charge in [0, 0.05) is 6.20 Å². The van der Waals surface area contributed by atoms with Gasteiger partial charge in [-0.1, -0.05) is 25.3 Å². The second kappa shape index (κ2) is 7.88. The van der Waals surface area contributed by atoms with E-state index in [2.05, 4.69) is 10.1 Å². The van der Waals surface area contributed by atoms with Crippen LogP contribution in [0.1, 0.15) is 48.5 Å². The Labute approximate surface area is 162 Å². The first kappa shape index (κ1) is 18.3. The van der Waals surface area contributed by atoms with Gasteiger partial charge in [0.05, 0.1) is 11.7 Å². The van der Waals surface area contributed by atoms with Crippen molar-refractivity contribution in [1.82, 2.24) is 19.3 Å². The maximum atomic E-state index is 13.2. The Morgan fingerprint density at radius 3 is 2.61 bits per heavy atom. The standard InChI is InChI=1S/C21H22FN5O/c1-15-23-20(25-27(15)18-12-10-16(22)11-13-18)21(28)26-14-6-5-9-19(26)24-17-7-3-2-4-8-17/h5-6,9-14,17H,2-4,7-8H2,1H3. The monoisotopic (exact) mass is 379 g/mol. The molecule has 0 unspecified atom stereocenters. The summed E-state index contributed by atoms with van der Waals surface area (Å²) in [7, 11) is 0. The Bertz CT molecular complexity index is 1050. The molecule has 144 valence electrons. The zero-order chi connectivity index (χ0) is 19.5. The highest BCUT2D eigenvalue weighted by molar-refractivity contribution is 5.92. The molecule has 0 spiro atoms. The number of carbonyl (C=O) groups is 1. The summed E-state index contributed by atoms with van der Waals surface area (Å²) in [4.78, 5) is 22.2. The molecule has 2 aromatic heterocycles. The molecular formula is C21H22FN5O. The van der Waals surface area contributed by atoms with Crippen LogP contribution in [0.5, 0.6) is 0 Å². The molecule has 0 amide bonds.